The van der Waals surface area contributed by atoms with Gasteiger partial charge in [0.25, 0.3) is 5.91 Å². The van der Waals surface area contributed by atoms with Gasteiger partial charge in [-0.25, -0.2) is 9.97 Å². The highest BCUT2D eigenvalue weighted by molar-refractivity contribution is 5.93. The van der Waals surface area contributed by atoms with Crippen LogP contribution in [0.3, 0.4) is 0 Å². The molecule has 0 spiro atoms. The van der Waals surface area contributed by atoms with Crippen LogP contribution in [0.1, 0.15) is 49.9 Å². The van der Waals surface area contributed by atoms with E-state index in [1.54, 1.807) is 12.4 Å². The Morgan fingerprint density at radius 1 is 1.26 bits per heavy atom. The number of amides is 1. The second kappa shape index (κ2) is 6.50. The second-order valence-corrected chi connectivity index (χ2v) is 4.90. The fourth-order valence-electron chi connectivity index (χ4n) is 2.45. The molecule has 1 saturated carbocycles. The van der Waals surface area contributed by atoms with Crippen LogP contribution in [0.4, 0.5) is 5.95 Å². The molecular formula is C14H22N4O. The molecule has 0 unspecified atom stereocenters. The van der Waals surface area contributed by atoms with Crippen molar-refractivity contribution < 1.29 is 4.79 Å². The standard InChI is InChI=1S/C14H22N4O/c1-3-18(4-2)14-15-9-11(10-16-14)13(19)17-12-7-5-6-8-12/h9-10,12H,3-8H2,1-2H3,(H,17,19). The third-order valence-electron chi connectivity index (χ3n) is 3.64. The van der Waals surface area contributed by atoms with Gasteiger partial charge in [-0.3, -0.25) is 4.79 Å². The van der Waals surface area contributed by atoms with E-state index in [1.807, 2.05) is 0 Å². The number of hydrogen-bond acceptors (Lipinski definition) is 4. The van der Waals surface area contributed by atoms with Crippen molar-refractivity contribution in [2.24, 2.45) is 0 Å². The molecule has 0 atom stereocenters. The molecular weight excluding hydrogens is 240 g/mol. The minimum Gasteiger partial charge on any atom is -0.349 e. The van der Waals surface area contributed by atoms with E-state index in [9.17, 15) is 4.79 Å². The lowest BCUT2D eigenvalue weighted by Crippen LogP contribution is -2.33. The minimum atomic E-state index is -0.0574. The Hall–Kier alpha value is -1.65. The Morgan fingerprint density at radius 2 is 1.84 bits per heavy atom. The summed E-state index contributed by atoms with van der Waals surface area (Å²) < 4.78 is 0. The summed E-state index contributed by atoms with van der Waals surface area (Å²) in [5.41, 5.74) is 0.544. The summed E-state index contributed by atoms with van der Waals surface area (Å²) in [6.07, 6.45) is 7.83. The van der Waals surface area contributed by atoms with E-state index in [0.717, 1.165) is 25.9 Å². The van der Waals surface area contributed by atoms with Gasteiger partial charge in [0.2, 0.25) is 5.95 Å². The number of nitrogens with one attached hydrogen (secondary N) is 1. The van der Waals surface area contributed by atoms with Crippen LogP contribution in [0, 0.1) is 0 Å². The third-order valence-corrected chi connectivity index (χ3v) is 3.64. The normalized spacial score (nSPS) is 15.5. The molecule has 1 aliphatic carbocycles. The van der Waals surface area contributed by atoms with E-state index in [2.05, 4.69) is 34.0 Å². The lowest BCUT2D eigenvalue weighted by molar-refractivity contribution is 0.0937. The maximum Gasteiger partial charge on any atom is 0.254 e. The molecule has 0 aliphatic heterocycles. The van der Waals surface area contributed by atoms with Crippen molar-refractivity contribution in [2.75, 3.05) is 18.0 Å². The molecule has 19 heavy (non-hydrogen) atoms. The Kier molecular flexibility index (Phi) is 4.71. The molecule has 0 aromatic carbocycles. The molecule has 0 radical (unpaired) electrons. The largest absolute Gasteiger partial charge is 0.349 e. The summed E-state index contributed by atoms with van der Waals surface area (Å²) in [4.78, 5) is 22.6. The van der Waals surface area contributed by atoms with Crippen molar-refractivity contribution in [3.05, 3.63) is 18.0 Å². The molecule has 0 bridgehead atoms. The highest BCUT2D eigenvalue weighted by Crippen LogP contribution is 2.18. The van der Waals surface area contributed by atoms with E-state index in [1.165, 1.54) is 12.8 Å². The van der Waals surface area contributed by atoms with Gasteiger partial charge < -0.3 is 10.2 Å². The molecule has 1 N–H and O–H groups in total. The minimum absolute atomic E-state index is 0.0574. The van der Waals surface area contributed by atoms with Gasteiger partial charge in [-0.2, -0.15) is 0 Å². The Labute approximate surface area is 114 Å². The van der Waals surface area contributed by atoms with E-state index in [4.69, 9.17) is 0 Å². The number of aromatic nitrogens is 2. The van der Waals surface area contributed by atoms with E-state index < -0.39 is 0 Å². The molecule has 1 aliphatic rings. The number of carbonyl (C=O) groups is 1. The zero-order valence-electron chi connectivity index (χ0n) is 11.7. The Morgan fingerprint density at radius 3 is 2.37 bits per heavy atom. The van der Waals surface area contributed by atoms with Crippen LogP contribution < -0.4 is 10.2 Å². The zero-order chi connectivity index (χ0) is 13.7. The van der Waals surface area contributed by atoms with Gasteiger partial charge in [0.1, 0.15) is 0 Å². The first kappa shape index (κ1) is 13.8. The first-order chi connectivity index (χ1) is 9.24. The number of hydrogen-bond donors (Lipinski definition) is 1. The third kappa shape index (κ3) is 3.43. The quantitative estimate of drug-likeness (QED) is 0.881. The smallest absolute Gasteiger partial charge is 0.254 e. The lowest BCUT2D eigenvalue weighted by Gasteiger charge is -2.18. The maximum absolute atomic E-state index is 12.0. The van der Waals surface area contributed by atoms with Gasteiger partial charge in [-0.05, 0) is 26.7 Å². The molecule has 5 heteroatoms. The molecule has 1 heterocycles. The molecule has 1 aromatic heterocycles. The maximum atomic E-state index is 12.0. The first-order valence-corrected chi connectivity index (χ1v) is 7.12. The molecule has 0 saturated heterocycles. The average molecular weight is 262 g/mol. The highest BCUT2D eigenvalue weighted by Gasteiger charge is 2.18. The summed E-state index contributed by atoms with van der Waals surface area (Å²) in [6.45, 7) is 5.86. The van der Waals surface area contributed by atoms with Gasteiger partial charge in [0.15, 0.2) is 0 Å². The summed E-state index contributed by atoms with van der Waals surface area (Å²) in [7, 11) is 0. The van der Waals surface area contributed by atoms with Gasteiger partial charge in [0, 0.05) is 31.5 Å². The van der Waals surface area contributed by atoms with Crippen LogP contribution in [-0.2, 0) is 0 Å². The number of nitrogens with zero attached hydrogens (tertiary/aromatic N) is 3. The molecule has 5 nitrogen and oxygen atoms in total. The van der Waals surface area contributed by atoms with Crippen LogP contribution in [0.15, 0.2) is 12.4 Å². The van der Waals surface area contributed by atoms with Crippen molar-refractivity contribution in [2.45, 2.75) is 45.6 Å². The molecule has 2 rings (SSSR count). The van der Waals surface area contributed by atoms with Crippen LogP contribution in [0.2, 0.25) is 0 Å². The van der Waals surface area contributed by atoms with Gasteiger partial charge in [-0.15, -0.1) is 0 Å². The molecule has 1 aromatic rings. The van der Waals surface area contributed by atoms with Crippen molar-refractivity contribution in [1.29, 1.82) is 0 Å². The molecule has 1 amide bonds. The van der Waals surface area contributed by atoms with Gasteiger partial charge in [0.05, 0.1) is 5.56 Å². The monoisotopic (exact) mass is 262 g/mol. The summed E-state index contributed by atoms with van der Waals surface area (Å²) in [5, 5.41) is 3.04. The predicted molar refractivity (Wildman–Crippen MR) is 75.3 cm³/mol. The van der Waals surface area contributed by atoms with Gasteiger partial charge >= 0.3 is 0 Å². The van der Waals surface area contributed by atoms with Crippen molar-refractivity contribution >= 4 is 11.9 Å². The fraction of sp³-hybridized carbons (Fsp3) is 0.643. The van der Waals surface area contributed by atoms with E-state index in [-0.39, 0.29) is 5.91 Å². The van der Waals surface area contributed by atoms with Crippen molar-refractivity contribution in [3.63, 3.8) is 0 Å². The number of carbonyl (C=O) groups excluding carboxylic acids is 1. The fourth-order valence-corrected chi connectivity index (χ4v) is 2.45. The van der Waals surface area contributed by atoms with Crippen molar-refractivity contribution in [3.8, 4) is 0 Å². The predicted octanol–water partition coefficient (Wildman–Crippen LogP) is 2.00. The highest BCUT2D eigenvalue weighted by atomic mass is 16.1. The topological polar surface area (TPSA) is 58.1 Å². The first-order valence-electron chi connectivity index (χ1n) is 7.12. The average Bonchev–Trinajstić information content (AvgIpc) is 2.94. The van der Waals surface area contributed by atoms with E-state index in [0.29, 0.717) is 17.6 Å². The van der Waals surface area contributed by atoms with Crippen molar-refractivity contribution in [1.82, 2.24) is 15.3 Å². The zero-order valence-corrected chi connectivity index (χ0v) is 11.7. The van der Waals surface area contributed by atoms with Crippen LogP contribution >= 0.6 is 0 Å². The molecule has 104 valence electrons. The second-order valence-electron chi connectivity index (χ2n) is 4.90. The van der Waals surface area contributed by atoms with E-state index >= 15 is 0 Å². The summed E-state index contributed by atoms with van der Waals surface area (Å²) >= 11 is 0. The SMILES string of the molecule is CCN(CC)c1ncc(C(=O)NC2CCCC2)cn1. The number of anilines is 1. The van der Waals surface area contributed by atoms with Crippen LogP contribution in [-0.4, -0.2) is 35.0 Å². The summed E-state index contributed by atoms with van der Waals surface area (Å²) in [6, 6.07) is 0.329. The van der Waals surface area contributed by atoms with Gasteiger partial charge in [-0.1, -0.05) is 12.8 Å². The number of rotatable bonds is 5. The Bertz CT molecular complexity index is 408. The van der Waals surface area contributed by atoms with Crippen LogP contribution in [0.5, 0.6) is 0 Å². The summed E-state index contributed by atoms with van der Waals surface area (Å²) in [5.74, 6) is 0.625. The lowest BCUT2D eigenvalue weighted by atomic mass is 10.2. The molecule has 1 fully saturated rings. The Balaban J connectivity index is 1.98. The van der Waals surface area contributed by atoms with Crippen LogP contribution in [0.25, 0.3) is 0 Å².